The normalized spacial score (nSPS) is 10.0. The van der Waals surface area contributed by atoms with E-state index in [4.69, 9.17) is 9.84 Å². The van der Waals surface area contributed by atoms with Gasteiger partial charge < -0.3 is 20.1 Å². The van der Waals surface area contributed by atoms with Crippen molar-refractivity contribution in [1.29, 1.82) is 0 Å². The Balaban J connectivity index is 2.70. The van der Waals surface area contributed by atoms with Crippen LogP contribution in [0.1, 0.15) is 0 Å². The zero-order valence-corrected chi connectivity index (χ0v) is 12.0. The lowest BCUT2D eigenvalue weighted by Gasteiger charge is -2.20. The fourth-order valence-electron chi connectivity index (χ4n) is 1.72. The van der Waals surface area contributed by atoms with Crippen molar-refractivity contribution in [2.75, 3.05) is 38.7 Å². The molecule has 120 valence electrons. The van der Waals surface area contributed by atoms with Gasteiger partial charge >= 0.3 is 5.97 Å². The molecule has 0 aliphatic carbocycles. The number of aliphatic carboxylic acids is 1. The summed E-state index contributed by atoms with van der Waals surface area (Å²) in [7, 11) is 1.44. The molecule has 0 saturated heterocycles. The van der Waals surface area contributed by atoms with Gasteiger partial charge in [-0.15, -0.1) is 0 Å². The van der Waals surface area contributed by atoms with Crippen LogP contribution in [-0.2, 0) is 14.3 Å². The van der Waals surface area contributed by atoms with E-state index in [9.17, 15) is 19.7 Å². The van der Waals surface area contributed by atoms with Gasteiger partial charge in [0.1, 0.15) is 12.2 Å². The third-order valence-corrected chi connectivity index (χ3v) is 2.77. The van der Waals surface area contributed by atoms with Crippen LogP contribution >= 0.6 is 0 Å². The molecule has 0 unspecified atom stereocenters. The van der Waals surface area contributed by atoms with Gasteiger partial charge in [-0.1, -0.05) is 12.1 Å². The highest BCUT2D eigenvalue weighted by Crippen LogP contribution is 2.22. The van der Waals surface area contributed by atoms with E-state index in [1.165, 1.54) is 25.3 Å². The molecule has 0 radical (unpaired) electrons. The number of amides is 1. The minimum absolute atomic E-state index is 0.125. The Kier molecular flexibility index (Phi) is 6.77. The Hall–Kier alpha value is -2.68. The molecule has 1 amide bonds. The molecular weight excluding hydrogens is 294 g/mol. The number of nitro groups is 1. The van der Waals surface area contributed by atoms with Crippen molar-refractivity contribution >= 4 is 23.3 Å². The first-order chi connectivity index (χ1) is 10.5. The minimum Gasteiger partial charge on any atom is -0.480 e. The highest BCUT2D eigenvalue weighted by Gasteiger charge is 2.18. The monoisotopic (exact) mass is 311 g/mol. The van der Waals surface area contributed by atoms with Crippen molar-refractivity contribution < 1.29 is 24.4 Å². The first-order valence-corrected chi connectivity index (χ1v) is 6.41. The van der Waals surface area contributed by atoms with Crippen LogP contribution in [0.2, 0.25) is 0 Å². The number of carboxylic acid groups (broad SMARTS) is 1. The predicted octanol–water partition coefficient (Wildman–Crippen LogP) is 0.566. The lowest BCUT2D eigenvalue weighted by Crippen LogP contribution is -2.41. The van der Waals surface area contributed by atoms with Gasteiger partial charge in [0, 0.05) is 19.7 Å². The number of hydrogen-bond acceptors (Lipinski definition) is 6. The van der Waals surface area contributed by atoms with Crippen molar-refractivity contribution in [2.45, 2.75) is 0 Å². The molecule has 0 fully saturated rings. The summed E-state index contributed by atoms with van der Waals surface area (Å²) in [5, 5.41) is 22.3. The summed E-state index contributed by atoms with van der Waals surface area (Å²) < 4.78 is 4.82. The Morgan fingerprint density at radius 3 is 2.68 bits per heavy atom. The molecule has 0 aliphatic heterocycles. The van der Waals surface area contributed by atoms with E-state index in [-0.39, 0.29) is 31.1 Å². The SMILES string of the molecule is COCCN(CC(=O)O)C(=O)CNc1ccccc1[N+](=O)[O-]. The second kappa shape index (κ2) is 8.57. The summed E-state index contributed by atoms with van der Waals surface area (Å²) >= 11 is 0. The van der Waals surface area contributed by atoms with Gasteiger partial charge in [-0.05, 0) is 6.07 Å². The number of carboxylic acids is 1. The maximum absolute atomic E-state index is 12.0. The number of rotatable bonds is 9. The number of ether oxygens (including phenoxy) is 1. The number of nitrogens with one attached hydrogen (secondary N) is 1. The van der Waals surface area contributed by atoms with Crippen molar-refractivity contribution in [3.05, 3.63) is 34.4 Å². The molecular formula is C13H17N3O6. The molecule has 1 rings (SSSR count). The number of anilines is 1. The molecule has 0 spiro atoms. The maximum atomic E-state index is 12.0. The number of para-hydroxylation sites is 2. The maximum Gasteiger partial charge on any atom is 0.323 e. The molecule has 0 bridgehead atoms. The van der Waals surface area contributed by atoms with Gasteiger partial charge in [0.2, 0.25) is 5.91 Å². The van der Waals surface area contributed by atoms with Crippen LogP contribution in [-0.4, -0.2) is 60.2 Å². The number of nitrogens with zero attached hydrogens (tertiary/aromatic N) is 2. The second-order valence-electron chi connectivity index (χ2n) is 4.33. The smallest absolute Gasteiger partial charge is 0.323 e. The number of nitro benzene ring substituents is 1. The summed E-state index contributed by atoms with van der Waals surface area (Å²) in [6.07, 6.45) is 0. The molecule has 9 heteroatoms. The van der Waals surface area contributed by atoms with E-state index >= 15 is 0 Å². The van der Waals surface area contributed by atoms with Gasteiger partial charge in [-0.25, -0.2) is 0 Å². The molecule has 0 aromatic heterocycles. The Morgan fingerprint density at radius 1 is 1.41 bits per heavy atom. The fraction of sp³-hybridized carbons (Fsp3) is 0.385. The number of hydrogen-bond donors (Lipinski definition) is 2. The quantitative estimate of drug-likeness (QED) is 0.505. The van der Waals surface area contributed by atoms with Gasteiger partial charge in [-0.3, -0.25) is 19.7 Å². The number of carbonyl (C=O) groups is 2. The average molecular weight is 311 g/mol. The highest BCUT2D eigenvalue weighted by atomic mass is 16.6. The number of methoxy groups -OCH3 is 1. The first kappa shape index (κ1) is 17.4. The summed E-state index contributed by atoms with van der Waals surface area (Å²) in [6.45, 7) is -0.382. The molecule has 22 heavy (non-hydrogen) atoms. The van der Waals surface area contributed by atoms with Gasteiger partial charge in [-0.2, -0.15) is 0 Å². The zero-order chi connectivity index (χ0) is 16.5. The topological polar surface area (TPSA) is 122 Å². The Bertz CT molecular complexity index is 548. The highest BCUT2D eigenvalue weighted by molar-refractivity contribution is 5.85. The van der Waals surface area contributed by atoms with Crippen LogP contribution in [0.3, 0.4) is 0 Å². The van der Waals surface area contributed by atoms with E-state index in [1.807, 2.05) is 0 Å². The summed E-state index contributed by atoms with van der Waals surface area (Å²) in [4.78, 5) is 34.2. The van der Waals surface area contributed by atoms with Gasteiger partial charge in [0.15, 0.2) is 0 Å². The molecule has 2 N–H and O–H groups in total. The van der Waals surface area contributed by atoms with Gasteiger partial charge in [0.25, 0.3) is 5.69 Å². The van der Waals surface area contributed by atoms with Crippen LogP contribution in [0.25, 0.3) is 0 Å². The Morgan fingerprint density at radius 2 is 2.09 bits per heavy atom. The van der Waals surface area contributed by atoms with E-state index in [0.29, 0.717) is 0 Å². The van der Waals surface area contributed by atoms with Crippen LogP contribution < -0.4 is 5.32 Å². The van der Waals surface area contributed by atoms with Crippen molar-refractivity contribution in [2.24, 2.45) is 0 Å². The zero-order valence-electron chi connectivity index (χ0n) is 12.0. The van der Waals surface area contributed by atoms with E-state index in [0.717, 1.165) is 4.90 Å². The van der Waals surface area contributed by atoms with Crippen LogP contribution in [0.5, 0.6) is 0 Å². The molecule has 0 atom stereocenters. The van der Waals surface area contributed by atoms with E-state index in [2.05, 4.69) is 5.32 Å². The minimum atomic E-state index is -1.14. The molecule has 9 nitrogen and oxygen atoms in total. The van der Waals surface area contributed by atoms with Crippen molar-refractivity contribution in [3.63, 3.8) is 0 Å². The molecule has 1 aromatic rings. The van der Waals surface area contributed by atoms with Crippen LogP contribution in [0.15, 0.2) is 24.3 Å². The largest absolute Gasteiger partial charge is 0.480 e. The molecule has 0 aliphatic rings. The Labute approximate surface area is 126 Å². The number of benzene rings is 1. The summed E-state index contributed by atoms with van der Waals surface area (Å²) in [5.41, 5.74) is 0.0415. The lowest BCUT2D eigenvalue weighted by molar-refractivity contribution is -0.383. The van der Waals surface area contributed by atoms with Crippen molar-refractivity contribution in [3.8, 4) is 0 Å². The standard InChI is InChI=1S/C13H17N3O6/c1-22-7-6-15(9-13(18)19)12(17)8-14-10-4-2-3-5-11(10)16(20)21/h2-5,14H,6-9H2,1H3,(H,18,19). The van der Waals surface area contributed by atoms with E-state index < -0.39 is 23.3 Å². The second-order valence-corrected chi connectivity index (χ2v) is 4.33. The first-order valence-electron chi connectivity index (χ1n) is 6.41. The van der Waals surface area contributed by atoms with Crippen LogP contribution in [0.4, 0.5) is 11.4 Å². The average Bonchev–Trinajstić information content (AvgIpc) is 2.48. The number of carbonyl (C=O) groups excluding carboxylic acids is 1. The lowest BCUT2D eigenvalue weighted by atomic mass is 10.2. The molecule has 0 heterocycles. The molecule has 1 aromatic carbocycles. The van der Waals surface area contributed by atoms with Gasteiger partial charge in [0.05, 0.1) is 18.1 Å². The summed E-state index contributed by atoms with van der Waals surface area (Å²) in [5.74, 6) is -1.63. The third kappa shape index (κ3) is 5.37. The fourth-order valence-corrected chi connectivity index (χ4v) is 1.72. The molecule has 0 saturated carbocycles. The predicted molar refractivity (Wildman–Crippen MR) is 77.7 cm³/mol. The van der Waals surface area contributed by atoms with E-state index in [1.54, 1.807) is 6.07 Å². The van der Waals surface area contributed by atoms with Crippen LogP contribution in [0, 0.1) is 10.1 Å². The van der Waals surface area contributed by atoms with Crippen molar-refractivity contribution in [1.82, 2.24) is 4.90 Å². The summed E-state index contributed by atoms with van der Waals surface area (Å²) in [6, 6.07) is 5.90. The third-order valence-electron chi connectivity index (χ3n) is 2.77.